The topological polar surface area (TPSA) is 34.1 Å². The Hall–Kier alpha value is -0.930. The maximum absolute atomic E-state index is 5.98. The van der Waals surface area contributed by atoms with Crippen molar-refractivity contribution in [2.45, 2.75) is 58.8 Å². The second-order valence-electron chi connectivity index (χ2n) is 5.64. The Bertz CT molecular complexity index is 364. The summed E-state index contributed by atoms with van der Waals surface area (Å²) >= 11 is 0. The number of hydrogen-bond donors (Lipinski definition) is 1. The third-order valence-electron chi connectivity index (χ3n) is 3.82. The number of nitrogens with one attached hydrogen (secondary N) is 1. The molecule has 0 aliphatic heterocycles. The molecule has 0 amide bonds. The lowest BCUT2D eigenvalue weighted by molar-refractivity contribution is 0.00320. The van der Waals surface area contributed by atoms with Crippen LogP contribution in [-0.4, -0.2) is 17.6 Å². The lowest BCUT2D eigenvalue weighted by atomic mass is 9.89. The third-order valence-corrected chi connectivity index (χ3v) is 3.82. The Labute approximate surface area is 116 Å². The van der Waals surface area contributed by atoms with E-state index in [2.05, 4.69) is 36.3 Å². The van der Waals surface area contributed by atoms with Crippen molar-refractivity contribution in [2.75, 3.05) is 6.54 Å². The second-order valence-corrected chi connectivity index (χ2v) is 5.64. The van der Waals surface area contributed by atoms with Gasteiger partial charge in [0.15, 0.2) is 0 Å². The summed E-state index contributed by atoms with van der Waals surface area (Å²) in [6.45, 7) is 6.97. The van der Waals surface area contributed by atoms with Crippen molar-refractivity contribution in [3.63, 3.8) is 0 Å². The molecule has 2 atom stereocenters. The fraction of sp³-hybridized carbons (Fsp3) is 0.688. The molecule has 2 unspecified atom stereocenters. The van der Waals surface area contributed by atoms with Gasteiger partial charge in [-0.15, -0.1) is 0 Å². The van der Waals surface area contributed by atoms with Crippen LogP contribution < -0.4 is 5.32 Å². The van der Waals surface area contributed by atoms with Gasteiger partial charge in [-0.3, -0.25) is 4.98 Å². The Morgan fingerprint density at radius 1 is 1.37 bits per heavy atom. The van der Waals surface area contributed by atoms with Crippen molar-refractivity contribution in [3.05, 3.63) is 29.6 Å². The van der Waals surface area contributed by atoms with Crippen molar-refractivity contribution in [1.82, 2.24) is 10.3 Å². The standard InChI is InChI=1S/C16H26N2O/c1-3-17-10-14-7-8-15(18-11-14)12-19-16-6-4-5-13(2)9-16/h7-8,11,13,16-17H,3-6,9-10,12H2,1-2H3. The summed E-state index contributed by atoms with van der Waals surface area (Å²) in [5.41, 5.74) is 2.27. The molecule has 1 aromatic heterocycles. The molecular weight excluding hydrogens is 236 g/mol. The highest BCUT2D eigenvalue weighted by Crippen LogP contribution is 2.26. The minimum Gasteiger partial charge on any atom is -0.372 e. The lowest BCUT2D eigenvalue weighted by Gasteiger charge is -2.26. The van der Waals surface area contributed by atoms with Gasteiger partial charge in [0.05, 0.1) is 18.4 Å². The first-order chi connectivity index (χ1) is 9.28. The van der Waals surface area contributed by atoms with E-state index in [1.165, 1.54) is 31.2 Å². The number of aromatic nitrogens is 1. The maximum Gasteiger partial charge on any atom is 0.0891 e. The van der Waals surface area contributed by atoms with Crippen LogP contribution >= 0.6 is 0 Å². The van der Waals surface area contributed by atoms with Gasteiger partial charge in [-0.05, 0) is 36.9 Å². The van der Waals surface area contributed by atoms with Gasteiger partial charge >= 0.3 is 0 Å². The van der Waals surface area contributed by atoms with Gasteiger partial charge < -0.3 is 10.1 Å². The first kappa shape index (κ1) is 14.5. The minimum atomic E-state index is 0.437. The zero-order valence-corrected chi connectivity index (χ0v) is 12.2. The highest BCUT2D eigenvalue weighted by atomic mass is 16.5. The van der Waals surface area contributed by atoms with Crippen molar-refractivity contribution < 1.29 is 4.74 Å². The Morgan fingerprint density at radius 3 is 2.95 bits per heavy atom. The molecule has 0 bridgehead atoms. The quantitative estimate of drug-likeness (QED) is 0.854. The van der Waals surface area contributed by atoms with E-state index in [9.17, 15) is 0 Å². The van der Waals surface area contributed by atoms with E-state index in [0.717, 1.165) is 24.7 Å². The number of nitrogens with zero attached hydrogens (tertiary/aromatic N) is 1. The first-order valence-electron chi connectivity index (χ1n) is 7.54. The van der Waals surface area contributed by atoms with Gasteiger partial charge in [0.25, 0.3) is 0 Å². The summed E-state index contributed by atoms with van der Waals surface area (Å²) in [5, 5.41) is 3.30. The minimum absolute atomic E-state index is 0.437. The van der Waals surface area contributed by atoms with E-state index in [4.69, 9.17) is 4.74 Å². The molecule has 2 rings (SSSR count). The SMILES string of the molecule is CCNCc1ccc(COC2CCCC(C)C2)nc1. The summed E-state index contributed by atoms with van der Waals surface area (Å²) in [5.74, 6) is 0.814. The molecule has 1 heterocycles. The molecular formula is C16H26N2O. The maximum atomic E-state index is 5.98. The molecule has 0 aromatic carbocycles. The van der Waals surface area contributed by atoms with Crippen molar-refractivity contribution in [3.8, 4) is 0 Å². The molecule has 19 heavy (non-hydrogen) atoms. The van der Waals surface area contributed by atoms with Crippen LogP contribution in [0, 0.1) is 5.92 Å². The number of rotatable bonds is 6. The molecule has 1 N–H and O–H groups in total. The van der Waals surface area contributed by atoms with Crippen LogP contribution in [0.2, 0.25) is 0 Å². The van der Waals surface area contributed by atoms with Crippen LogP contribution in [0.25, 0.3) is 0 Å². The van der Waals surface area contributed by atoms with Crippen LogP contribution in [0.1, 0.15) is 50.8 Å². The highest BCUT2D eigenvalue weighted by molar-refractivity contribution is 5.13. The summed E-state index contributed by atoms with van der Waals surface area (Å²) < 4.78 is 5.98. The van der Waals surface area contributed by atoms with Crippen molar-refractivity contribution >= 4 is 0 Å². The predicted molar refractivity (Wildman–Crippen MR) is 77.8 cm³/mol. The smallest absolute Gasteiger partial charge is 0.0891 e. The summed E-state index contributed by atoms with van der Waals surface area (Å²) in [6, 6.07) is 4.22. The van der Waals surface area contributed by atoms with Crippen LogP contribution in [0.3, 0.4) is 0 Å². The van der Waals surface area contributed by atoms with E-state index in [1.54, 1.807) is 0 Å². The molecule has 1 aromatic rings. The van der Waals surface area contributed by atoms with Gasteiger partial charge in [0, 0.05) is 12.7 Å². The molecule has 1 fully saturated rings. The predicted octanol–water partition coefficient (Wildman–Crippen LogP) is 3.29. The summed E-state index contributed by atoms with van der Waals surface area (Å²) in [4.78, 5) is 4.47. The molecule has 0 saturated heterocycles. The summed E-state index contributed by atoms with van der Waals surface area (Å²) in [6.07, 6.45) is 7.47. The van der Waals surface area contributed by atoms with Crippen molar-refractivity contribution in [2.24, 2.45) is 5.92 Å². The molecule has 1 aliphatic carbocycles. The summed E-state index contributed by atoms with van der Waals surface area (Å²) in [7, 11) is 0. The monoisotopic (exact) mass is 262 g/mol. The zero-order chi connectivity index (χ0) is 13.5. The van der Waals surface area contributed by atoms with Gasteiger partial charge in [-0.2, -0.15) is 0 Å². The largest absolute Gasteiger partial charge is 0.372 e. The fourth-order valence-corrected chi connectivity index (χ4v) is 2.65. The van der Waals surface area contributed by atoms with E-state index in [1.807, 2.05) is 6.20 Å². The van der Waals surface area contributed by atoms with Crippen molar-refractivity contribution in [1.29, 1.82) is 0 Å². The molecule has 1 aliphatic rings. The molecule has 0 spiro atoms. The van der Waals surface area contributed by atoms with Crippen LogP contribution in [-0.2, 0) is 17.9 Å². The Kier molecular flexibility index (Phi) is 5.80. The lowest BCUT2D eigenvalue weighted by Crippen LogP contribution is -2.21. The van der Waals surface area contributed by atoms with E-state index >= 15 is 0 Å². The fourth-order valence-electron chi connectivity index (χ4n) is 2.65. The van der Waals surface area contributed by atoms with Gasteiger partial charge in [-0.1, -0.05) is 32.8 Å². The molecule has 3 nitrogen and oxygen atoms in total. The highest BCUT2D eigenvalue weighted by Gasteiger charge is 2.19. The number of ether oxygens (including phenoxy) is 1. The average Bonchev–Trinajstić information content (AvgIpc) is 2.44. The van der Waals surface area contributed by atoms with E-state index in [-0.39, 0.29) is 0 Å². The first-order valence-corrected chi connectivity index (χ1v) is 7.54. The molecule has 106 valence electrons. The molecule has 3 heteroatoms. The Balaban J connectivity index is 1.76. The van der Waals surface area contributed by atoms with E-state index < -0.39 is 0 Å². The molecule has 1 saturated carbocycles. The van der Waals surface area contributed by atoms with Crippen LogP contribution in [0.4, 0.5) is 0 Å². The number of pyridine rings is 1. The third kappa shape index (κ3) is 4.92. The van der Waals surface area contributed by atoms with Gasteiger partial charge in [-0.25, -0.2) is 0 Å². The zero-order valence-electron chi connectivity index (χ0n) is 12.2. The normalized spacial score (nSPS) is 23.5. The average molecular weight is 262 g/mol. The second kappa shape index (κ2) is 7.61. The van der Waals surface area contributed by atoms with Crippen LogP contribution in [0.15, 0.2) is 18.3 Å². The van der Waals surface area contributed by atoms with Gasteiger partial charge in [0.1, 0.15) is 0 Å². The number of hydrogen-bond acceptors (Lipinski definition) is 3. The van der Waals surface area contributed by atoms with Gasteiger partial charge in [0.2, 0.25) is 0 Å². The van der Waals surface area contributed by atoms with Crippen LogP contribution in [0.5, 0.6) is 0 Å². The Morgan fingerprint density at radius 2 is 2.26 bits per heavy atom. The van der Waals surface area contributed by atoms with E-state index in [0.29, 0.717) is 12.7 Å². The molecule has 0 radical (unpaired) electrons.